The van der Waals surface area contributed by atoms with E-state index in [1.54, 1.807) is 26.8 Å². The Morgan fingerprint density at radius 3 is 2.56 bits per heavy atom. The molecule has 1 aromatic rings. The second-order valence-corrected chi connectivity index (χ2v) is 6.59. The van der Waals surface area contributed by atoms with Gasteiger partial charge in [0.2, 0.25) is 0 Å². The maximum Gasteiger partial charge on any atom is 0.346 e. The van der Waals surface area contributed by atoms with Crippen LogP contribution in [0.4, 0.5) is 0 Å². The first-order valence-corrected chi connectivity index (χ1v) is 9.23. The minimum absolute atomic E-state index is 0.0755. The number of hydrogen-bond acceptors (Lipinski definition) is 8. The highest BCUT2D eigenvalue weighted by atomic mass is 32.1. The summed E-state index contributed by atoms with van der Waals surface area (Å²) in [6, 6.07) is 1.61. The number of thiophene rings is 1. The Morgan fingerprint density at radius 2 is 1.96 bits per heavy atom. The molecule has 1 amide bonds. The Morgan fingerprint density at radius 1 is 1.30 bits per heavy atom. The molecule has 1 atom stereocenters. The lowest BCUT2D eigenvalue weighted by molar-refractivity contribution is -0.152. The van der Waals surface area contributed by atoms with Gasteiger partial charge < -0.3 is 19.9 Å². The summed E-state index contributed by atoms with van der Waals surface area (Å²) in [7, 11) is 0. The average molecular weight is 396 g/mol. The van der Waals surface area contributed by atoms with Gasteiger partial charge in [-0.25, -0.2) is 4.79 Å². The molecule has 0 aromatic carbocycles. The zero-order chi connectivity index (χ0) is 20.4. The Hall–Kier alpha value is -2.41. The topological polar surface area (TPSA) is 128 Å². The molecule has 0 aliphatic heterocycles. The van der Waals surface area contributed by atoms with Gasteiger partial charge >= 0.3 is 11.9 Å². The number of aliphatic hydroxyl groups is 1. The Labute approximate surface area is 162 Å². The number of amides is 1. The molecule has 0 aliphatic rings. The number of esters is 2. The maximum atomic E-state index is 12.6. The summed E-state index contributed by atoms with van der Waals surface area (Å²) < 4.78 is 9.77. The number of aryl methyl sites for hydroxylation is 1. The number of ether oxygens (including phenoxy) is 2. The Kier molecular flexibility index (Phi) is 8.94. The van der Waals surface area contributed by atoms with E-state index in [-0.39, 0.29) is 32.7 Å². The van der Waals surface area contributed by atoms with Crippen molar-refractivity contribution in [3.8, 4) is 11.8 Å². The minimum Gasteiger partial charge on any atom is -0.466 e. The molecule has 148 valence electrons. The van der Waals surface area contributed by atoms with Crippen LogP contribution in [0.2, 0.25) is 0 Å². The van der Waals surface area contributed by atoms with Gasteiger partial charge in [-0.3, -0.25) is 15.3 Å². The van der Waals surface area contributed by atoms with Crippen LogP contribution in [-0.2, 0) is 19.1 Å². The van der Waals surface area contributed by atoms with Crippen LogP contribution in [0.25, 0.3) is 0 Å². The number of nitrogens with one attached hydrogen (secondary N) is 1. The zero-order valence-electron chi connectivity index (χ0n) is 15.6. The molecule has 1 rings (SSSR count). The molecule has 0 bridgehead atoms. The van der Waals surface area contributed by atoms with Gasteiger partial charge in [0.1, 0.15) is 6.61 Å². The number of aliphatic hydroxyl groups excluding tert-OH is 1. The SMILES string of the molecule is CCOC(=O)CCC(N)(NC(=O)c1cc(C)c(C#CCO)s1)C(=O)OCC. The number of nitrogens with two attached hydrogens (primary N) is 1. The van der Waals surface area contributed by atoms with Crippen molar-refractivity contribution in [2.75, 3.05) is 19.8 Å². The normalized spacial score (nSPS) is 12.3. The van der Waals surface area contributed by atoms with Gasteiger partial charge in [-0.1, -0.05) is 11.8 Å². The van der Waals surface area contributed by atoms with Crippen molar-refractivity contribution in [1.29, 1.82) is 0 Å². The fourth-order valence-electron chi connectivity index (χ4n) is 2.11. The van der Waals surface area contributed by atoms with Gasteiger partial charge in [0.25, 0.3) is 5.91 Å². The lowest BCUT2D eigenvalue weighted by Crippen LogP contribution is -2.62. The molecule has 1 heterocycles. The lowest BCUT2D eigenvalue weighted by Gasteiger charge is -2.27. The third-order valence-corrected chi connectivity index (χ3v) is 4.58. The Balaban J connectivity index is 2.98. The first kappa shape index (κ1) is 22.6. The predicted molar refractivity (Wildman–Crippen MR) is 99.9 cm³/mol. The molecule has 9 heteroatoms. The smallest absolute Gasteiger partial charge is 0.346 e. The lowest BCUT2D eigenvalue weighted by atomic mass is 10.0. The summed E-state index contributed by atoms with van der Waals surface area (Å²) in [6.45, 7) is 5.04. The van der Waals surface area contributed by atoms with Crippen LogP contribution in [0.3, 0.4) is 0 Å². The molecule has 0 aliphatic carbocycles. The summed E-state index contributed by atoms with van der Waals surface area (Å²) in [5.74, 6) is 3.32. The van der Waals surface area contributed by atoms with E-state index < -0.39 is 23.5 Å². The van der Waals surface area contributed by atoms with Crippen LogP contribution < -0.4 is 11.1 Å². The van der Waals surface area contributed by atoms with Crippen molar-refractivity contribution in [2.24, 2.45) is 5.73 Å². The molecule has 0 saturated heterocycles. The fraction of sp³-hybridized carbons (Fsp3) is 0.500. The fourth-order valence-corrected chi connectivity index (χ4v) is 3.05. The molecule has 0 fully saturated rings. The average Bonchev–Trinajstić information content (AvgIpc) is 2.99. The largest absolute Gasteiger partial charge is 0.466 e. The van der Waals surface area contributed by atoms with Crippen molar-refractivity contribution in [1.82, 2.24) is 5.32 Å². The zero-order valence-corrected chi connectivity index (χ0v) is 16.4. The Bertz CT molecular complexity index is 749. The van der Waals surface area contributed by atoms with Gasteiger partial charge in [0, 0.05) is 12.8 Å². The minimum atomic E-state index is -1.87. The molecular weight excluding hydrogens is 372 g/mol. The summed E-state index contributed by atoms with van der Waals surface area (Å²) >= 11 is 1.11. The molecule has 8 nitrogen and oxygen atoms in total. The van der Waals surface area contributed by atoms with Crippen LogP contribution in [0.1, 0.15) is 46.8 Å². The van der Waals surface area contributed by atoms with E-state index in [4.69, 9.17) is 20.3 Å². The van der Waals surface area contributed by atoms with Crippen LogP contribution in [0, 0.1) is 18.8 Å². The summed E-state index contributed by atoms with van der Waals surface area (Å²) in [5.41, 5.74) is 4.96. The molecule has 4 N–H and O–H groups in total. The van der Waals surface area contributed by atoms with Crippen molar-refractivity contribution < 1.29 is 29.0 Å². The quantitative estimate of drug-likeness (QED) is 0.335. The standard InChI is InChI=1S/C18H24N2O6S/c1-4-25-15(22)8-9-18(19,17(24)26-5-2)20-16(23)14-11-12(3)13(27-14)7-6-10-21/h11,21H,4-5,8-10,19H2,1-3H3,(H,20,23). The van der Waals surface area contributed by atoms with Crippen molar-refractivity contribution in [3.05, 3.63) is 21.4 Å². The van der Waals surface area contributed by atoms with Gasteiger partial charge in [-0.05, 0) is 32.4 Å². The van der Waals surface area contributed by atoms with Gasteiger partial charge in [0.05, 0.1) is 23.0 Å². The predicted octanol–water partition coefficient (Wildman–Crippen LogP) is 0.692. The van der Waals surface area contributed by atoms with E-state index >= 15 is 0 Å². The highest BCUT2D eigenvalue weighted by Gasteiger charge is 2.38. The van der Waals surface area contributed by atoms with Gasteiger partial charge in [-0.2, -0.15) is 0 Å². The van der Waals surface area contributed by atoms with E-state index in [0.29, 0.717) is 9.75 Å². The second-order valence-electron chi connectivity index (χ2n) is 5.53. The summed E-state index contributed by atoms with van der Waals surface area (Å²) in [5, 5.41) is 11.2. The van der Waals surface area contributed by atoms with Crippen molar-refractivity contribution in [3.63, 3.8) is 0 Å². The molecule has 27 heavy (non-hydrogen) atoms. The van der Waals surface area contributed by atoms with Crippen LogP contribution in [-0.4, -0.2) is 48.4 Å². The van der Waals surface area contributed by atoms with Crippen molar-refractivity contribution >= 4 is 29.2 Å². The number of rotatable bonds is 8. The molecule has 0 radical (unpaired) electrons. The maximum absolute atomic E-state index is 12.6. The van der Waals surface area contributed by atoms with Gasteiger partial charge in [0.15, 0.2) is 5.66 Å². The highest BCUT2D eigenvalue weighted by molar-refractivity contribution is 7.14. The second kappa shape index (κ2) is 10.7. The van der Waals surface area contributed by atoms with Crippen LogP contribution in [0.5, 0.6) is 0 Å². The van der Waals surface area contributed by atoms with Gasteiger partial charge in [-0.15, -0.1) is 11.3 Å². The molecule has 0 saturated carbocycles. The van der Waals surface area contributed by atoms with E-state index in [1.807, 2.05) is 0 Å². The third kappa shape index (κ3) is 6.67. The van der Waals surface area contributed by atoms with E-state index in [1.165, 1.54) is 0 Å². The summed E-state index contributed by atoms with van der Waals surface area (Å²) in [6.07, 6.45) is -0.321. The molecular formula is C18H24N2O6S. The number of carbonyl (C=O) groups excluding carboxylic acids is 3. The highest BCUT2D eigenvalue weighted by Crippen LogP contribution is 2.22. The molecule has 0 spiro atoms. The van der Waals surface area contributed by atoms with Crippen molar-refractivity contribution in [2.45, 2.75) is 39.3 Å². The molecule has 1 unspecified atom stereocenters. The first-order chi connectivity index (χ1) is 12.8. The van der Waals surface area contributed by atoms with Crippen LogP contribution >= 0.6 is 11.3 Å². The molecule has 1 aromatic heterocycles. The number of hydrogen-bond donors (Lipinski definition) is 3. The summed E-state index contributed by atoms with van der Waals surface area (Å²) in [4.78, 5) is 37.4. The van der Waals surface area contributed by atoms with Crippen LogP contribution in [0.15, 0.2) is 6.07 Å². The van der Waals surface area contributed by atoms with E-state index in [2.05, 4.69) is 17.2 Å². The third-order valence-electron chi connectivity index (χ3n) is 3.43. The van der Waals surface area contributed by atoms with E-state index in [0.717, 1.165) is 16.9 Å². The van der Waals surface area contributed by atoms with E-state index in [9.17, 15) is 14.4 Å². The monoisotopic (exact) mass is 396 g/mol. The number of carbonyl (C=O) groups is 3. The first-order valence-electron chi connectivity index (χ1n) is 8.41.